The molecule has 0 amide bonds. The third kappa shape index (κ3) is 6.92. The molecule has 320 valence electrons. The zero-order valence-corrected chi connectivity index (χ0v) is 36.9. The molecule has 5 heteroatoms. The Hall–Kier alpha value is -8.93. The van der Waals surface area contributed by atoms with Gasteiger partial charge in [0, 0.05) is 44.8 Å². The van der Waals surface area contributed by atoms with Crippen molar-refractivity contribution in [2.75, 3.05) is 0 Å². The van der Waals surface area contributed by atoms with Crippen LogP contribution in [0.25, 0.3) is 101 Å². The van der Waals surface area contributed by atoms with Crippen molar-refractivity contribution in [2.45, 2.75) is 12.0 Å². The largest absolute Gasteiger partial charge is 0.484 e. The van der Waals surface area contributed by atoms with Gasteiger partial charge in [-0.2, -0.15) is 0 Å². The quantitative estimate of drug-likeness (QED) is 0.153. The minimum Gasteiger partial charge on any atom is -0.484 e. The summed E-state index contributed by atoms with van der Waals surface area (Å²) in [5.74, 6) is 2.61. The van der Waals surface area contributed by atoms with Gasteiger partial charge in [0.1, 0.15) is 11.9 Å². The zero-order valence-electron chi connectivity index (χ0n) is 36.9. The van der Waals surface area contributed by atoms with Gasteiger partial charge in [0.15, 0.2) is 17.5 Å². The van der Waals surface area contributed by atoms with Crippen LogP contribution < -0.4 is 4.74 Å². The Morgan fingerprint density at radius 1 is 0.368 bits per heavy atom. The van der Waals surface area contributed by atoms with Crippen molar-refractivity contribution >= 4 is 17.0 Å². The number of hydrogen-bond donors (Lipinski definition) is 0. The highest BCUT2D eigenvalue weighted by molar-refractivity contribution is 5.92. The van der Waals surface area contributed by atoms with E-state index in [4.69, 9.17) is 19.7 Å². The molecule has 0 saturated carbocycles. The molecule has 3 heterocycles. The van der Waals surface area contributed by atoms with E-state index < -0.39 is 0 Å². The van der Waals surface area contributed by atoms with Crippen molar-refractivity contribution in [2.24, 2.45) is 0 Å². The third-order valence-corrected chi connectivity index (χ3v) is 13.5. The van der Waals surface area contributed by atoms with E-state index in [-0.39, 0.29) is 12.0 Å². The fourth-order valence-electron chi connectivity index (χ4n) is 10.2. The molecule has 2 aliphatic rings. The molecule has 0 N–H and O–H groups in total. The van der Waals surface area contributed by atoms with E-state index in [1.54, 1.807) is 0 Å². The Morgan fingerprint density at radius 3 is 1.50 bits per heavy atom. The Balaban J connectivity index is 0.894. The molecule has 2 unspecified atom stereocenters. The van der Waals surface area contributed by atoms with E-state index >= 15 is 0 Å². The molecule has 0 spiro atoms. The van der Waals surface area contributed by atoms with E-state index in [1.807, 2.05) is 12.1 Å². The molecule has 5 nitrogen and oxygen atoms in total. The minimum atomic E-state index is -0.244. The summed E-state index contributed by atoms with van der Waals surface area (Å²) in [4.78, 5) is 15.7. The average molecular weight is 871 g/mol. The Kier molecular flexibility index (Phi) is 9.57. The maximum absolute atomic E-state index is 7.10. The van der Waals surface area contributed by atoms with Gasteiger partial charge in [-0.3, -0.25) is 0 Å². The molecule has 0 saturated heterocycles. The van der Waals surface area contributed by atoms with Gasteiger partial charge in [-0.1, -0.05) is 200 Å². The van der Waals surface area contributed by atoms with Crippen LogP contribution in [-0.2, 0) is 0 Å². The SMILES string of the molecule is C1=CC2c3c(cccc3-c3nc(-c4ccc(-c5ccccc5)cc4)nc(-c4cccc(-c5ccccc5)c4)n3)OC2c2c1n(-c1ccc(-c3cccc(-c4ccccc4)c3)cc1)c1ccccc21. The number of aromatic nitrogens is 4. The second-order valence-electron chi connectivity index (χ2n) is 17.5. The summed E-state index contributed by atoms with van der Waals surface area (Å²) in [6.45, 7) is 0. The fourth-order valence-corrected chi connectivity index (χ4v) is 10.2. The monoisotopic (exact) mass is 870 g/mol. The predicted molar refractivity (Wildman–Crippen MR) is 276 cm³/mol. The Morgan fingerprint density at radius 2 is 0.838 bits per heavy atom. The van der Waals surface area contributed by atoms with Crippen LogP contribution in [-0.4, -0.2) is 19.5 Å². The number of hydrogen-bond acceptors (Lipinski definition) is 4. The van der Waals surface area contributed by atoms with Crippen molar-refractivity contribution in [1.82, 2.24) is 19.5 Å². The van der Waals surface area contributed by atoms with Gasteiger partial charge in [0.25, 0.3) is 0 Å². The summed E-state index contributed by atoms with van der Waals surface area (Å²) < 4.78 is 9.48. The van der Waals surface area contributed by atoms with Crippen LogP contribution >= 0.6 is 0 Å². The van der Waals surface area contributed by atoms with Gasteiger partial charge in [-0.05, 0) is 87.0 Å². The van der Waals surface area contributed by atoms with Gasteiger partial charge in [-0.15, -0.1) is 0 Å². The van der Waals surface area contributed by atoms with E-state index in [9.17, 15) is 0 Å². The van der Waals surface area contributed by atoms with Gasteiger partial charge in [0.05, 0.1) is 11.2 Å². The van der Waals surface area contributed by atoms with Crippen LogP contribution in [0.4, 0.5) is 0 Å². The normalized spacial score (nSPS) is 14.5. The lowest BCUT2D eigenvalue weighted by atomic mass is 9.83. The summed E-state index contributed by atoms with van der Waals surface area (Å²) in [6, 6.07) is 81.1. The molecule has 0 bridgehead atoms. The molecule has 9 aromatic carbocycles. The zero-order chi connectivity index (χ0) is 45.0. The third-order valence-electron chi connectivity index (χ3n) is 13.5. The highest BCUT2D eigenvalue weighted by Gasteiger charge is 2.42. The molecule has 11 aromatic rings. The molecule has 68 heavy (non-hydrogen) atoms. The van der Waals surface area contributed by atoms with Crippen LogP contribution in [0.3, 0.4) is 0 Å². The summed E-state index contributed by atoms with van der Waals surface area (Å²) in [6.07, 6.45) is 4.36. The molecular formula is C63H42N4O. The van der Waals surface area contributed by atoms with E-state index in [0.29, 0.717) is 17.5 Å². The van der Waals surface area contributed by atoms with Crippen LogP contribution in [0.15, 0.2) is 237 Å². The summed E-state index contributed by atoms with van der Waals surface area (Å²) in [5.41, 5.74) is 17.7. The molecule has 0 radical (unpaired) electrons. The lowest BCUT2D eigenvalue weighted by Gasteiger charge is -2.23. The van der Waals surface area contributed by atoms with Crippen molar-refractivity contribution in [3.05, 3.63) is 253 Å². The Bertz CT molecular complexity index is 3690. The Labute approximate surface area is 395 Å². The summed E-state index contributed by atoms with van der Waals surface area (Å²) >= 11 is 0. The molecular weight excluding hydrogens is 829 g/mol. The second-order valence-corrected chi connectivity index (χ2v) is 17.5. The first-order chi connectivity index (χ1) is 33.7. The van der Waals surface area contributed by atoms with Gasteiger partial charge >= 0.3 is 0 Å². The first-order valence-electron chi connectivity index (χ1n) is 23.2. The standard InChI is InChI=1S/C63H42N4O/c1-4-15-41(16-5-1)44-29-31-46(32-30-44)61-64-62(50-24-13-23-49(40-50)43-19-8-3-9-20-43)66-63(65-61)54-26-14-28-57-58(54)53-37-38-56-59(60(53)68-57)52-25-10-11-27-55(52)67(56)51-35-33-45(34-36-51)48-22-12-21-47(39-48)42-17-6-2-7-18-42/h1-40,53,60H. The van der Waals surface area contributed by atoms with Crippen LogP contribution in [0.2, 0.25) is 0 Å². The maximum Gasteiger partial charge on any atom is 0.164 e. The number of benzene rings is 9. The second kappa shape index (κ2) is 16.5. The molecule has 1 aliphatic heterocycles. The highest BCUT2D eigenvalue weighted by Crippen LogP contribution is 2.55. The van der Waals surface area contributed by atoms with Gasteiger partial charge < -0.3 is 9.30 Å². The number of fused-ring (bicyclic) bond motifs is 7. The number of nitrogens with zero attached hydrogens (tertiary/aromatic N) is 4. The molecule has 2 aromatic heterocycles. The van der Waals surface area contributed by atoms with Crippen molar-refractivity contribution in [1.29, 1.82) is 0 Å². The molecule has 2 atom stereocenters. The van der Waals surface area contributed by atoms with Crippen molar-refractivity contribution < 1.29 is 4.74 Å². The first kappa shape index (κ1) is 39.4. The smallest absolute Gasteiger partial charge is 0.164 e. The molecule has 0 fully saturated rings. The number of rotatable bonds is 8. The molecule has 13 rings (SSSR count). The number of ether oxygens (including phenoxy) is 1. The highest BCUT2D eigenvalue weighted by atomic mass is 16.5. The first-order valence-corrected chi connectivity index (χ1v) is 23.2. The van der Waals surface area contributed by atoms with E-state index in [0.717, 1.165) is 67.2 Å². The fraction of sp³-hybridized carbons (Fsp3) is 0.0317. The lowest BCUT2D eigenvalue weighted by molar-refractivity contribution is 0.224. The van der Waals surface area contributed by atoms with Gasteiger partial charge in [-0.25, -0.2) is 15.0 Å². The topological polar surface area (TPSA) is 52.8 Å². The van der Waals surface area contributed by atoms with E-state index in [2.05, 4.69) is 235 Å². The maximum atomic E-state index is 7.10. The number of para-hydroxylation sites is 1. The predicted octanol–water partition coefficient (Wildman–Crippen LogP) is 15.7. The average Bonchev–Trinajstić information content (AvgIpc) is 3.98. The summed E-state index contributed by atoms with van der Waals surface area (Å²) in [5, 5.41) is 1.18. The van der Waals surface area contributed by atoms with Crippen LogP contribution in [0, 0.1) is 0 Å². The van der Waals surface area contributed by atoms with Crippen LogP contribution in [0.5, 0.6) is 5.75 Å². The van der Waals surface area contributed by atoms with E-state index in [1.165, 1.54) is 33.2 Å². The van der Waals surface area contributed by atoms with Crippen molar-refractivity contribution in [3.63, 3.8) is 0 Å². The van der Waals surface area contributed by atoms with Crippen molar-refractivity contribution in [3.8, 4) is 90.1 Å². The summed E-state index contributed by atoms with van der Waals surface area (Å²) in [7, 11) is 0. The lowest BCUT2D eigenvalue weighted by Crippen LogP contribution is -2.14. The van der Waals surface area contributed by atoms with Crippen LogP contribution in [0.1, 0.15) is 28.8 Å². The minimum absolute atomic E-state index is 0.0672. The van der Waals surface area contributed by atoms with Gasteiger partial charge in [0.2, 0.25) is 0 Å². The molecule has 1 aliphatic carbocycles.